The summed E-state index contributed by atoms with van der Waals surface area (Å²) in [6, 6.07) is 7.45. The molecule has 6 heteroatoms. The smallest absolute Gasteiger partial charge is 0.323 e. The summed E-state index contributed by atoms with van der Waals surface area (Å²) in [5, 5.41) is 0. The van der Waals surface area contributed by atoms with Crippen molar-refractivity contribution in [3.05, 3.63) is 29.8 Å². The molecule has 0 radical (unpaired) electrons. The van der Waals surface area contributed by atoms with Crippen LogP contribution in [0.2, 0.25) is 0 Å². The molecule has 0 aliphatic carbocycles. The van der Waals surface area contributed by atoms with Gasteiger partial charge >= 0.3 is 5.97 Å². The van der Waals surface area contributed by atoms with Crippen LogP contribution in [-0.4, -0.2) is 67.1 Å². The van der Waals surface area contributed by atoms with Crippen LogP contribution in [0.1, 0.15) is 18.9 Å². The number of benzene rings is 1. The first-order valence-electron chi connectivity index (χ1n) is 8.42. The number of hydrogen-bond acceptors (Lipinski definition) is 5. The van der Waals surface area contributed by atoms with Crippen LogP contribution >= 0.6 is 0 Å². The minimum atomic E-state index is -0.143. The molecule has 0 N–H and O–H groups in total. The van der Waals surface area contributed by atoms with Gasteiger partial charge in [-0.1, -0.05) is 12.1 Å². The maximum atomic E-state index is 12.5. The maximum Gasteiger partial charge on any atom is 0.323 e. The summed E-state index contributed by atoms with van der Waals surface area (Å²) in [5.74, 6) is 0.753. The van der Waals surface area contributed by atoms with Crippen LogP contribution in [0, 0.1) is 0 Å². The predicted octanol–water partition coefficient (Wildman–Crippen LogP) is 1.09. The Morgan fingerprint density at radius 3 is 2.67 bits per heavy atom. The fraction of sp³-hybridized carbons (Fsp3) is 0.556. The Morgan fingerprint density at radius 2 is 2.04 bits per heavy atom. The number of carbonyl (C=O) groups excluding carboxylic acids is 2. The molecule has 2 aliphatic heterocycles. The van der Waals surface area contributed by atoms with E-state index in [4.69, 9.17) is 9.47 Å². The second kappa shape index (κ2) is 7.21. The molecular formula is C18H24N2O4. The molecule has 2 aliphatic rings. The van der Waals surface area contributed by atoms with Gasteiger partial charge in [0.25, 0.3) is 0 Å². The summed E-state index contributed by atoms with van der Waals surface area (Å²) >= 11 is 0. The van der Waals surface area contributed by atoms with Crippen LogP contribution in [0.25, 0.3) is 0 Å². The lowest BCUT2D eigenvalue weighted by Gasteiger charge is -2.36. The second-order valence-corrected chi connectivity index (χ2v) is 6.44. The maximum absolute atomic E-state index is 12.5. The fourth-order valence-corrected chi connectivity index (χ4v) is 3.39. The van der Waals surface area contributed by atoms with E-state index in [1.54, 1.807) is 7.11 Å². The van der Waals surface area contributed by atoms with Crippen LogP contribution in [-0.2, 0) is 20.7 Å². The van der Waals surface area contributed by atoms with E-state index in [9.17, 15) is 9.59 Å². The summed E-state index contributed by atoms with van der Waals surface area (Å²) in [6.45, 7) is 4.67. The fourth-order valence-electron chi connectivity index (χ4n) is 3.39. The van der Waals surface area contributed by atoms with E-state index in [0.29, 0.717) is 19.5 Å². The first-order chi connectivity index (χ1) is 11.6. The van der Waals surface area contributed by atoms with Crippen molar-refractivity contribution in [2.75, 3.05) is 33.3 Å². The van der Waals surface area contributed by atoms with Crippen molar-refractivity contribution in [1.29, 1.82) is 0 Å². The van der Waals surface area contributed by atoms with E-state index in [1.165, 1.54) is 0 Å². The summed E-state index contributed by atoms with van der Waals surface area (Å²) in [5.41, 5.74) is 0.954. The highest BCUT2D eigenvalue weighted by atomic mass is 16.6. The Balaban J connectivity index is 1.52. The van der Waals surface area contributed by atoms with Gasteiger partial charge < -0.3 is 14.4 Å². The van der Waals surface area contributed by atoms with Crippen LogP contribution in [0.5, 0.6) is 5.75 Å². The normalized spacial score (nSPS) is 24.8. The molecule has 2 unspecified atom stereocenters. The standard InChI is InChI=1S/C18H24N2O4/c1-13-10-16(18(22)24-13)19-6-8-20(9-7-19)17(21)12-14-4-3-5-15(11-14)23-2/h3-5,11,13,16H,6-10,12H2,1-2H3. The number of amides is 1. The molecule has 130 valence electrons. The molecule has 1 aromatic carbocycles. The van der Waals surface area contributed by atoms with Crippen LogP contribution in [0.3, 0.4) is 0 Å². The summed E-state index contributed by atoms with van der Waals surface area (Å²) in [6.07, 6.45) is 1.12. The van der Waals surface area contributed by atoms with Gasteiger partial charge in [0.1, 0.15) is 17.9 Å². The van der Waals surface area contributed by atoms with Crippen molar-refractivity contribution in [2.45, 2.75) is 31.9 Å². The Kier molecular flexibility index (Phi) is 5.04. The first-order valence-corrected chi connectivity index (χ1v) is 8.42. The lowest BCUT2D eigenvalue weighted by molar-refractivity contribution is -0.145. The molecule has 0 saturated carbocycles. The lowest BCUT2D eigenvalue weighted by atomic mass is 10.1. The minimum Gasteiger partial charge on any atom is -0.497 e. The largest absolute Gasteiger partial charge is 0.497 e. The quantitative estimate of drug-likeness (QED) is 0.773. The molecule has 2 saturated heterocycles. The molecule has 0 aromatic heterocycles. The molecule has 24 heavy (non-hydrogen) atoms. The van der Waals surface area contributed by atoms with Crippen LogP contribution in [0.15, 0.2) is 24.3 Å². The monoisotopic (exact) mass is 332 g/mol. The van der Waals surface area contributed by atoms with Gasteiger partial charge in [0.2, 0.25) is 5.91 Å². The third kappa shape index (κ3) is 3.70. The molecule has 1 amide bonds. The van der Waals surface area contributed by atoms with E-state index in [0.717, 1.165) is 30.8 Å². The number of cyclic esters (lactones) is 1. The summed E-state index contributed by atoms with van der Waals surface area (Å²) in [4.78, 5) is 28.3. The number of carbonyl (C=O) groups is 2. The van der Waals surface area contributed by atoms with Gasteiger partial charge in [-0.3, -0.25) is 14.5 Å². The molecular weight excluding hydrogens is 308 g/mol. The number of rotatable bonds is 4. The molecule has 2 atom stereocenters. The van der Waals surface area contributed by atoms with Gasteiger partial charge in [-0.05, 0) is 24.6 Å². The van der Waals surface area contributed by atoms with Crippen molar-refractivity contribution in [3.8, 4) is 5.75 Å². The van der Waals surface area contributed by atoms with Crippen LogP contribution < -0.4 is 4.74 Å². The van der Waals surface area contributed by atoms with Crippen molar-refractivity contribution < 1.29 is 19.1 Å². The van der Waals surface area contributed by atoms with Crippen molar-refractivity contribution >= 4 is 11.9 Å². The van der Waals surface area contributed by atoms with Gasteiger partial charge in [-0.15, -0.1) is 0 Å². The van der Waals surface area contributed by atoms with Gasteiger partial charge in [0, 0.05) is 32.6 Å². The molecule has 3 rings (SSSR count). The number of nitrogens with zero attached hydrogens (tertiary/aromatic N) is 2. The molecule has 0 bridgehead atoms. The third-order valence-electron chi connectivity index (χ3n) is 4.74. The lowest BCUT2D eigenvalue weighted by Crippen LogP contribution is -2.53. The molecule has 1 aromatic rings. The highest BCUT2D eigenvalue weighted by molar-refractivity contribution is 5.79. The number of ether oxygens (including phenoxy) is 2. The van der Waals surface area contributed by atoms with Gasteiger partial charge in [0.15, 0.2) is 0 Å². The van der Waals surface area contributed by atoms with Crippen molar-refractivity contribution in [3.63, 3.8) is 0 Å². The molecule has 2 fully saturated rings. The Hall–Kier alpha value is -2.08. The third-order valence-corrected chi connectivity index (χ3v) is 4.74. The predicted molar refractivity (Wildman–Crippen MR) is 88.8 cm³/mol. The Bertz CT molecular complexity index is 611. The number of methoxy groups -OCH3 is 1. The van der Waals surface area contributed by atoms with E-state index in [2.05, 4.69) is 4.90 Å². The van der Waals surface area contributed by atoms with Gasteiger partial charge in [-0.2, -0.15) is 0 Å². The van der Waals surface area contributed by atoms with Crippen molar-refractivity contribution in [1.82, 2.24) is 9.80 Å². The average Bonchev–Trinajstić information content (AvgIpc) is 2.93. The van der Waals surface area contributed by atoms with E-state index in [-0.39, 0.29) is 24.0 Å². The van der Waals surface area contributed by atoms with Crippen molar-refractivity contribution in [2.24, 2.45) is 0 Å². The molecule has 2 heterocycles. The van der Waals surface area contributed by atoms with E-state index >= 15 is 0 Å². The van der Waals surface area contributed by atoms with E-state index in [1.807, 2.05) is 36.1 Å². The average molecular weight is 332 g/mol. The first kappa shape index (κ1) is 16.8. The zero-order valence-electron chi connectivity index (χ0n) is 14.2. The Labute approximate surface area is 142 Å². The highest BCUT2D eigenvalue weighted by Crippen LogP contribution is 2.21. The molecule has 0 spiro atoms. The number of esters is 1. The van der Waals surface area contributed by atoms with E-state index < -0.39 is 0 Å². The minimum absolute atomic E-state index is 0.00442. The van der Waals surface area contributed by atoms with Crippen LogP contribution in [0.4, 0.5) is 0 Å². The topological polar surface area (TPSA) is 59.1 Å². The zero-order valence-corrected chi connectivity index (χ0v) is 14.2. The number of hydrogen-bond donors (Lipinski definition) is 0. The van der Waals surface area contributed by atoms with Gasteiger partial charge in [0.05, 0.1) is 13.5 Å². The summed E-state index contributed by atoms with van der Waals surface area (Å²) in [7, 11) is 1.62. The second-order valence-electron chi connectivity index (χ2n) is 6.44. The summed E-state index contributed by atoms with van der Waals surface area (Å²) < 4.78 is 10.4. The van der Waals surface area contributed by atoms with Gasteiger partial charge in [-0.25, -0.2) is 0 Å². The molecule has 6 nitrogen and oxygen atoms in total. The highest BCUT2D eigenvalue weighted by Gasteiger charge is 2.38. The zero-order chi connectivity index (χ0) is 17.1. The Morgan fingerprint density at radius 1 is 1.29 bits per heavy atom. The number of piperazine rings is 1. The SMILES string of the molecule is COc1cccc(CC(=O)N2CCN(C3CC(C)OC3=O)CC2)c1.